The number of esters is 1. The molecule has 1 aromatic rings. The minimum atomic E-state index is -0.169. The zero-order valence-electron chi connectivity index (χ0n) is 10.5. The maximum Gasteiger partial charge on any atom is 0.305 e. The number of rotatable bonds is 5. The molecule has 4 heteroatoms. The molecule has 1 aromatic heterocycles. The Morgan fingerprint density at radius 2 is 2.19 bits per heavy atom. The Balaban J connectivity index is 2.82. The molecular weight excluding hydrogens is 204 g/mol. The predicted molar refractivity (Wildman–Crippen MR) is 62.4 cm³/mol. The van der Waals surface area contributed by atoms with Gasteiger partial charge >= 0.3 is 5.97 Å². The van der Waals surface area contributed by atoms with Gasteiger partial charge in [-0.1, -0.05) is 20.8 Å². The number of aryl methyl sites for hydroxylation is 1. The van der Waals surface area contributed by atoms with E-state index in [2.05, 4.69) is 35.7 Å². The summed E-state index contributed by atoms with van der Waals surface area (Å²) in [5.74, 6) is 0.210. The van der Waals surface area contributed by atoms with E-state index in [0.29, 0.717) is 18.8 Å². The highest BCUT2D eigenvalue weighted by Gasteiger charge is 2.15. The van der Waals surface area contributed by atoms with Gasteiger partial charge in [0.2, 0.25) is 0 Å². The number of ether oxygens (including phenoxy) is 1. The first kappa shape index (κ1) is 12.7. The average molecular weight is 224 g/mol. The number of carbonyl (C=O) groups excluding carboxylic acids is 1. The molecule has 0 aliphatic carbocycles. The molecular formula is C12H20N2O2. The van der Waals surface area contributed by atoms with Crippen LogP contribution >= 0.6 is 0 Å². The predicted octanol–water partition coefficient (Wildman–Crippen LogP) is 2.20. The van der Waals surface area contributed by atoms with Crippen molar-refractivity contribution < 1.29 is 9.53 Å². The Bertz CT molecular complexity index is 356. The van der Waals surface area contributed by atoms with Crippen LogP contribution in [0, 0.1) is 0 Å². The largest absolute Gasteiger partial charge is 0.469 e. The van der Waals surface area contributed by atoms with Crippen molar-refractivity contribution in [3.63, 3.8) is 0 Å². The molecule has 0 fully saturated rings. The van der Waals surface area contributed by atoms with Crippen LogP contribution < -0.4 is 0 Å². The van der Waals surface area contributed by atoms with Gasteiger partial charge in [0.1, 0.15) is 0 Å². The molecule has 0 aliphatic heterocycles. The molecule has 0 saturated carbocycles. The Labute approximate surface area is 96.4 Å². The second-order valence-electron chi connectivity index (χ2n) is 4.15. The first-order valence-electron chi connectivity index (χ1n) is 5.72. The van der Waals surface area contributed by atoms with Crippen LogP contribution in [0.15, 0.2) is 0 Å². The number of carbonyl (C=O) groups is 1. The SMILES string of the molecule is CCc1[nH]nc(C(C)C)c1CCC(=O)OC. The zero-order valence-corrected chi connectivity index (χ0v) is 10.5. The van der Waals surface area contributed by atoms with Crippen LogP contribution in [-0.4, -0.2) is 23.3 Å². The van der Waals surface area contributed by atoms with Gasteiger partial charge in [-0.2, -0.15) is 5.10 Å². The van der Waals surface area contributed by atoms with Crippen molar-refractivity contribution in [1.82, 2.24) is 10.2 Å². The molecule has 0 saturated heterocycles. The lowest BCUT2D eigenvalue weighted by molar-refractivity contribution is -0.140. The summed E-state index contributed by atoms with van der Waals surface area (Å²) in [7, 11) is 1.42. The average Bonchev–Trinajstić information content (AvgIpc) is 2.68. The molecule has 90 valence electrons. The van der Waals surface area contributed by atoms with E-state index in [1.807, 2.05) is 0 Å². The summed E-state index contributed by atoms with van der Waals surface area (Å²) in [6.07, 6.45) is 2.04. The Hall–Kier alpha value is -1.32. The van der Waals surface area contributed by atoms with E-state index >= 15 is 0 Å². The van der Waals surface area contributed by atoms with Crippen molar-refractivity contribution in [1.29, 1.82) is 0 Å². The Morgan fingerprint density at radius 1 is 1.50 bits per heavy atom. The van der Waals surface area contributed by atoms with E-state index in [-0.39, 0.29) is 5.97 Å². The van der Waals surface area contributed by atoms with Crippen LogP contribution in [0.3, 0.4) is 0 Å². The highest BCUT2D eigenvalue weighted by atomic mass is 16.5. The maximum atomic E-state index is 11.1. The van der Waals surface area contributed by atoms with Crippen LogP contribution in [0.4, 0.5) is 0 Å². The lowest BCUT2D eigenvalue weighted by Gasteiger charge is -2.06. The molecule has 0 radical (unpaired) electrons. The lowest BCUT2D eigenvalue weighted by atomic mass is 9.99. The van der Waals surface area contributed by atoms with Gasteiger partial charge in [0.25, 0.3) is 0 Å². The van der Waals surface area contributed by atoms with Crippen LogP contribution in [0.5, 0.6) is 0 Å². The molecule has 1 rings (SSSR count). The van der Waals surface area contributed by atoms with Crippen molar-refractivity contribution in [2.24, 2.45) is 0 Å². The zero-order chi connectivity index (χ0) is 12.1. The number of hydrogen-bond donors (Lipinski definition) is 1. The van der Waals surface area contributed by atoms with Crippen LogP contribution in [0.2, 0.25) is 0 Å². The molecule has 0 aromatic carbocycles. The molecule has 0 unspecified atom stereocenters. The van der Waals surface area contributed by atoms with Crippen LogP contribution in [0.25, 0.3) is 0 Å². The summed E-state index contributed by atoms with van der Waals surface area (Å²) in [5, 5.41) is 7.36. The van der Waals surface area contributed by atoms with E-state index in [4.69, 9.17) is 0 Å². The summed E-state index contributed by atoms with van der Waals surface area (Å²) < 4.78 is 4.65. The normalized spacial score (nSPS) is 10.8. The molecule has 1 N–H and O–H groups in total. The number of aromatic nitrogens is 2. The molecule has 1 heterocycles. The molecule has 0 atom stereocenters. The second-order valence-corrected chi connectivity index (χ2v) is 4.15. The van der Waals surface area contributed by atoms with E-state index in [0.717, 1.165) is 17.8 Å². The minimum absolute atomic E-state index is 0.169. The highest BCUT2D eigenvalue weighted by Crippen LogP contribution is 2.21. The fourth-order valence-electron chi connectivity index (χ4n) is 1.80. The maximum absolute atomic E-state index is 11.1. The Morgan fingerprint density at radius 3 is 2.69 bits per heavy atom. The third-order valence-electron chi connectivity index (χ3n) is 2.69. The topological polar surface area (TPSA) is 55.0 Å². The molecule has 0 bridgehead atoms. The second kappa shape index (κ2) is 5.68. The fourth-order valence-corrected chi connectivity index (χ4v) is 1.80. The standard InChI is InChI=1S/C12H20N2O2/c1-5-10-9(6-7-11(15)16-4)12(8(2)3)14-13-10/h8H,5-7H2,1-4H3,(H,13,14). The lowest BCUT2D eigenvalue weighted by Crippen LogP contribution is -2.05. The van der Waals surface area contributed by atoms with Crippen molar-refractivity contribution >= 4 is 5.97 Å². The monoisotopic (exact) mass is 224 g/mol. The molecule has 16 heavy (non-hydrogen) atoms. The quantitative estimate of drug-likeness (QED) is 0.780. The van der Waals surface area contributed by atoms with Gasteiger partial charge < -0.3 is 4.74 Å². The number of methoxy groups -OCH3 is 1. The van der Waals surface area contributed by atoms with Gasteiger partial charge in [0.15, 0.2) is 0 Å². The van der Waals surface area contributed by atoms with E-state index in [1.54, 1.807) is 0 Å². The number of aromatic amines is 1. The van der Waals surface area contributed by atoms with E-state index in [9.17, 15) is 4.79 Å². The van der Waals surface area contributed by atoms with Gasteiger partial charge in [-0.15, -0.1) is 0 Å². The first-order chi connectivity index (χ1) is 7.60. The van der Waals surface area contributed by atoms with Crippen molar-refractivity contribution in [2.45, 2.75) is 46.0 Å². The third-order valence-corrected chi connectivity index (χ3v) is 2.69. The highest BCUT2D eigenvalue weighted by molar-refractivity contribution is 5.69. The van der Waals surface area contributed by atoms with Gasteiger partial charge in [-0.3, -0.25) is 9.89 Å². The summed E-state index contributed by atoms with van der Waals surface area (Å²) in [4.78, 5) is 11.1. The van der Waals surface area contributed by atoms with E-state index < -0.39 is 0 Å². The minimum Gasteiger partial charge on any atom is -0.469 e. The van der Waals surface area contributed by atoms with Crippen LogP contribution in [0.1, 0.15) is 50.1 Å². The van der Waals surface area contributed by atoms with Gasteiger partial charge in [-0.05, 0) is 24.3 Å². The van der Waals surface area contributed by atoms with Crippen LogP contribution in [-0.2, 0) is 22.4 Å². The summed E-state index contributed by atoms with van der Waals surface area (Å²) >= 11 is 0. The van der Waals surface area contributed by atoms with Gasteiger partial charge in [0, 0.05) is 12.1 Å². The van der Waals surface area contributed by atoms with Crippen molar-refractivity contribution in [3.8, 4) is 0 Å². The van der Waals surface area contributed by atoms with Gasteiger partial charge in [-0.25, -0.2) is 0 Å². The molecule has 4 nitrogen and oxygen atoms in total. The van der Waals surface area contributed by atoms with Crippen molar-refractivity contribution in [3.05, 3.63) is 17.0 Å². The summed E-state index contributed by atoms with van der Waals surface area (Å²) in [6.45, 7) is 6.30. The summed E-state index contributed by atoms with van der Waals surface area (Å²) in [6, 6.07) is 0. The van der Waals surface area contributed by atoms with E-state index in [1.165, 1.54) is 12.7 Å². The third kappa shape index (κ3) is 2.84. The molecule has 0 aliphatic rings. The molecule has 0 spiro atoms. The van der Waals surface area contributed by atoms with Crippen molar-refractivity contribution in [2.75, 3.05) is 7.11 Å². The van der Waals surface area contributed by atoms with Gasteiger partial charge in [0.05, 0.1) is 12.8 Å². The Kier molecular flexibility index (Phi) is 4.52. The number of hydrogen-bond acceptors (Lipinski definition) is 3. The molecule has 0 amide bonds. The number of H-pyrrole nitrogens is 1. The smallest absolute Gasteiger partial charge is 0.305 e. The fraction of sp³-hybridized carbons (Fsp3) is 0.667. The summed E-state index contributed by atoms with van der Waals surface area (Å²) in [5.41, 5.74) is 3.39. The first-order valence-corrected chi connectivity index (χ1v) is 5.72. The number of nitrogens with zero attached hydrogens (tertiary/aromatic N) is 1. The number of nitrogens with one attached hydrogen (secondary N) is 1.